The molecule has 0 aliphatic carbocycles. The van der Waals surface area contributed by atoms with E-state index in [-0.39, 0.29) is 34.1 Å². The van der Waals surface area contributed by atoms with Crippen LogP contribution in [0.25, 0.3) is 0 Å². The molecule has 4 rings (SSSR count). The van der Waals surface area contributed by atoms with E-state index in [2.05, 4.69) is 0 Å². The Labute approximate surface area is 184 Å². The molecule has 0 radical (unpaired) electrons. The van der Waals surface area contributed by atoms with Gasteiger partial charge in [-0.25, -0.2) is 9.59 Å². The summed E-state index contributed by atoms with van der Waals surface area (Å²) in [7, 11) is 0. The highest BCUT2D eigenvalue weighted by Crippen LogP contribution is 2.45. The third-order valence-electron chi connectivity index (χ3n) is 5.45. The van der Waals surface area contributed by atoms with Gasteiger partial charge >= 0.3 is 11.3 Å². The molecular weight excluding hydrogens is 408 g/mol. The van der Waals surface area contributed by atoms with Crippen molar-refractivity contribution in [3.8, 4) is 11.5 Å². The standard InChI is InChI=1S/C26H22O6/c1-15-13-19(27)22(25(29)31-15)24(23-20(28)14-16(2)32-26(23)30)21(17-9-5-3-6-10-17)18-11-7-4-8-12-18/h3-14,21,24,27-28H,1-2H3. The fourth-order valence-corrected chi connectivity index (χ4v) is 4.16. The van der Waals surface area contributed by atoms with Crippen molar-refractivity contribution in [2.75, 3.05) is 0 Å². The lowest BCUT2D eigenvalue weighted by Gasteiger charge is -2.28. The van der Waals surface area contributed by atoms with Crippen LogP contribution in [0.15, 0.2) is 91.2 Å². The normalized spacial score (nSPS) is 11.2. The summed E-state index contributed by atoms with van der Waals surface area (Å²) < 4.78 is 10.6. The van der Waals surface area contributed by atoms with Crippen molar-refractivity contribution in [1.29, 1.82) is 0 Å². The van der Waals surface area contributed by atoms with Crippen LogP contribution in [0.3, 0.4) is 0 Å². The van der Waals surface area contributed by atoms with Crippen LogP contribution in [0.5, 0.6) is 11.5 Å². The number of hydrogen-bond acceptors (Lipinski definition) is 6. The van der Waals surface area contributed by atoms with E-state index in [0.717, 1.165) is 11.1 Å². The van der Waals surface area contributed by atoms with Gasteiger partial charge in [0.2, 0.25) is 0 Å². The van der Waals surface area contributed by atoms with Crippen molar-refractivity contribution >= 4 is 0 Å². The van der Waals surface area contributed by atoms with Gasteiger partial charge in [0.1, 0.15) is 23.0 Å². The Bertz CT molecular complexity index is 1250. The van der Waals surface area contributed by atoms with Crippen LogP contribution in [0.1, 0.15) is 45.6 Å². The fraction of sp³-hybridized carbons (Fsp3) is 0.154. The molecule has 0 saturated heterocycles. The number of rotatable bonds is 5. The molecule has 6 heteroatoms. The summed E-state index contributed by atoms with van der Waals surface area (Å²) in [5, 5.41) is 21.6. The SMILES string of the molecule is Cc1cc(O)c(C(c2c(O)cc(C)oc2=O)C(c2ccccc2)c2ccccc2)c(=O)o1. The van der Waals surface area contributed by atoms with Crippen molar-refractivity contribution < 1.29 is 19.0 Å². The molecule has 0 atom stereocenters. The van der Waals surface area contributed by atoms with Crippen LogP contribution in [0.2, 0.25) is 0 Å². The van der Waals surface area contributed by atoms with Crippen LogP contribution in [0, 0.1) is 13.8 Å². The van der Waals surface area contributed by atoms with Gasteiger partial charge in [-0.05, 0) is 25.0 Å². The quantitative estimate of drug-likeness (QED) is 0.480. The molecule has 2 N–H and O–H groups in total. The second kappa shape index (κ2) is 8.59. The lowest BCUT2D eigenvalue weighted by atomic mass is 9.74. The van der Waals surface area contributed by atoms with Gasteiger partial charge in [0.25, 0.3) is 0 Å². The maximum Gasteiger partial charge on any atom is 0.343 e. The van der Waals surface area contributed by atoms with Crippen LogP contribution < -0.4 is 11.3 Å². The van der Waals surface area contributed by atoms with Gasteiger partial charge in [0, 0.05) is 24.0 Å². The van der Waals surface area contributed by atoms with Gasteiger partial charge < -0.3 is 19.0 Å². The third-order valence-corrected chi connectivity index (χ3v) is 5.45. The average Bonchev–Trinajstić information content (AvgIpc) is 2.74. The van der Waals surface area contributed by atoms with E-state index in [0.29, 0.717) is 0 Å². The Morgan fingerprint density at radius 1 is 0.625 bits per heavy atom. The smallest absolute Gasteiger partial charge is 0.343 e. The van der Waals surface area contributed by atoms with Crippen LogP contribution in [-0.2, 0) is 0 Å². The van der Waals surface area contributed by atoms with Crippen LogP contribution in [-0.4, -0.2) is 10.2 Å². The zero-order valence-electron chi connectivity index (χ0n) is 17.6. The highest BCUT2D eigenvalue weighted by Gasteiger charge is 2.37. The molecule has 32 heavy (non-hydrogen) atoms. The average molecular weight is 430 g/mol. The predicted octanol–water partition coefficient (Wildman–Crippen LogP) is 4.59. The lowest BCUT2D eigenvalue weighted by Crippen LogP contribution is -2.26. The fourth-order valence-electron chi connectivity index (χ4n) is 4.16. The van der Waals surface area contributed by atoms with Gasteiger partial charge in [0.05, 0.1) is 11.1 Å². The van der Waals surface area contributed by atoms with E-state index in [1.165, 1.54) is 12.1 Å². The molecule has 0 fully saturated rings. The molecule has 162 valence electrons. The second-order valence-corrected chi connectivity index (χ2v) is 7.66. The molecule has 0 spiro atoms. The van der Waals surface area contributed by atoms with Gasteiger partial charge in [0.15, 0.2) is 0 Å². The summed E-state index contributed by atoms with van der Waals surface area (Å²) in [4.78, 5) is 26.0. The molecule has 0 unspecified atom stereocenters. The Balaban J connectivity index is 2.12. The first kappa shape index (κ1) is 21.2. The summed E-state index contributed by atoms with van der Waals surface area (Å²) in [5.41, 5.74) is -0.267. The minimum atomic E-state index is -1.08. The first-order valence-electron chi connectivity index (χ1n) is 10.1. The van der Waals surface area contributed by atoms with Crippen molar-refractivity contribution in [1.82, 2.24) is 0 Å². The van der Waals surface area contributed by atoms with E-state index < -0.39 is 23.1 Å². The summed E-state index contributed by atoms with van der Waals surface area (Å²) in [5.74, 6) is -1.86. The molecule has 0 aliphatic heterocycles. The van der Waals surface area contributed by atoms with E-state index >= 15 is 0 Å². The molecule has 2 aromatic heterocycles. The Morgan fingerprint density at radius 2 is 1.00 bits per heavy atom. The topological polar surface area (TPSA) is 101 Å². The first-order valence-corrected chi connectivity index (χ1v) is 10.1. The Hall–Kier alpha value is -4.06. The molecule has 4 aromatic rings. The number of aryl methyl sites for hydroxylation is 2. The van der Waals surface area contributed by atoms with Gasteiger partial charge in [-0.15, -0.1) is 0 Å². The summed E-state index contributed by atoms with van der Waals surface area (Å²) in [6, 6.07) is 21.2. The summed E-state index contributed by atoms with van der Waals surface area (Å²) >= 11 is 0. The maximum absolute atomic E-state index is 13.0. The van der Waals surface area contributed by atoms with Crippen LogP contribution >= 0.6 is 0 Å². The molecule has 0 aliphatic rings. The van der Waals surface area contributed by atoms with Crippen LogP contribution in [0.4, 0.5) is 0 Å². The first-order chi connectivity index (χ1) is 15.4. The zero-order chi connectivity index (χ0) is 22.8. The second-order valence-electron chi connectivity index (χ2n) is 7.66. The summed E-state index contributed by atoms with van der Waals surface area (Å²) in [6.07, 6.45) is 0. The number of hydrogen-bond donors (Lipinski definition) is 2. The summed E-state index contributed by atoms with van der Waals surface area (Å²) in [6.45, 7) is 3.09. The Morgan fingerprint density at radius 3 is 1.34 bits per heavy atom. The molecule has 0 saturated carbocycles. The largest absolute Gasteiger partial charge is 0.507 e. The highest BCUT2D eigenvalue weighted by molar-refractivity contribution is 5.50. The van der Waals surface area contributed by atoms with Gasteiger partial charge in [-0.3, -0.25) is 0 Å². The molecule has 2 aromatic carbocycles. The molecule has 2 heterocycles. The Kier molecular flexibility index (Phi) is 5.69. The van der Waals surface area contributed by atoms with Crippen molar-refractivity contribution in [2.45, 2.75) is 25.7 Å². The predicted molar refractivity (Wildman–Crippen MR) is 119 cm³/mol. The molecule has 0 bridgehead atoms. The number of aromatic hydroxyl groups is 2. The zero-order valence-corrected chi connectivity index (χ0v) is 17.6. The monoisotopic (exact) mass is 430 g/mol. The van der Waals surface area contributed by atoms with Gasteiger partial charge in [-0.1, -0.05) is 60.7 Å². The molecule has 0 amide bonds. The minimum absolute atomic E-state index is 0.125. The minimum Gasteiger partial charge on any atom is -0.507 e. The maximum atomic E-state index is 13.0. The van der Waals surface area contributed by atoms with Gasteiger partial charge in [-0.2, -0.15) is 0 Å². The van der Waals surface area contributed by atoms with E-state index in [9.17, 15) is 19.8 Å². The lowest BCUT2D eigenvalue weighted by molar-refractivity contribution is 0.395. The van der Waals surface area contributed by atoms with E-state index in [4.69, 9.17) is 8.83 Å². The molecule has 6 nitrogen and oxygen atoms in total. The van der Waals surface area contributed by atoms with Crippen molar-refractivity contribution in [2.24, 2.45) is 0 Å². The van der Waals surface area contributed by atoms with Crippen molar-refractivity contribution in [3.05, 3.63) is 127 Å². The van der Waals surface area contributed by atoms with Crippen molar-refractivity contribution in [3.63, 3.8) is 0 Å². The van der Waals surface area contributed by atoms with E-state index in [1.54, 1.807) is 13.8 Å². The number of benzene rings is 2. The molecular formula is C26H22O6. The third kappa shape index (κ3) is 3.95. The van der Waals surface area contributed by atoms with E-state index in [1.807, 2.05) is 60.7 Å². The highest BCUT2D eigenvalue weighted by atomic mass is 16.4.